The molecule has 0 bridgehead atoms. The molecule has 0 aromatic heterocycles. The minimum Gasteiger partial charge on any atom is -0.273 e. The van der Waals surface area contributed by atoms with E-state index in [2.05, 4.69) is 21.7 Å². The van der Waals surface area contributed by atoms with Crippen LogP contribution >= 0.6 is 0 Å². The van der Waals surface area contributed by atoms with Crippen LogP contribution in [0.25, 0.3) is 0 Å². The van der Waals surface area contributed by atoms with Crippen LogP contribution in [0.3, 0.4) is 0 Å². The first kappa shape index (κ1) is 20.0. The molecule has 2 amide bonds. The molecular formula is C19H22N4O4S. The maximum Gasteiger partial charge on any atom is 0.256 e. The highest BCUT2D eigenvalue weighted by Crippen LogP contribution is 2.21. The Balaban J connectivity index is 1.43. The molecule has 2 aromatic rings. The zero-order chi connectivity index (χ0) is 20.0. The quantitative estimate of drug-likeness (QED) is 0.526. The van der Waals surface area contributed by atoms with Crippen molar-refractivity contribution < 1.29 is 18.0 Å². The van der Waals surface area contributed by atoms with E-state index >= 15 is 0 Å². The second-order valence-corrected chi connectivity index (χ2v) is 8.57. The lowest BCUT2D eigenvalue weighted by Gasteiger charge is -2.12. The van der Waals surface area contributed by atoms with Crippen LogP contribution in [-0.4, -0.2) is 32.0 Å². The van der Waals surface area contributed by atoms with Crippen molar-refractivity contribution in [3.8, 4) is 0 Å². The van der Waals surface area contributed by atoms with Crippen LogP contribution in [0.5, 0.6) is 0 Å². The third-order valence-corrected chi connectivity index (χ3v) is 6.18. The monoisotopic (exact) mass is 402 g/mol. The summed E-state index contributed by atoms with van der Waals surface area (Å²) >= 11 is 0. The first-order valence-corrected chi connectivity index (χ1v) is 10.5. The molecule has 1 aliphatic heterocycles. The number of carbonyl (C=O) groups excluding carboxylic acids is 2. The molecule has 0 radical (unpaired) electrons. The maximum absolute atomic E-state index is 12.2. The van der Waals surface area contributed by atoms with Crippen molar-refractivity contribution in [3.05, 3.63) is 66.2 Å². The van der Waals surface area contributed by atoms with Crippen LogP contribution < -0.4 is 21.7 Å². The zero-order valence-corrected chi connectivity index (χ0v) is 15.9. The molecule has 4 N–H and O–H groups in total. The molecule has 9 heteroatoms. The Morgan fingerprint density at radius 3 is 2.25 bits per heavy atom. The first-order chi connectivity index (χ1) is 13.5. The van der Waals surface area contributed by atoms with Crippen LogP contribution in [0.1, 0.15) is 24.4 Å². The fraction of sp³-hybridized carbons (Fsp3) is 0.263. The van der Waals surface area contributed by atoms with Crippen molar-refractivity contribution in [2.75, 3.05) is 5.75 Å². The summed E-state index contributed by atoms with van der Waals surface area (Å²) in [5, 5.41) is 0. The van der Waals surface area contributed by atoms with E-state index in [0.717, 1.165) is 5.56 Å². The largest absolute Gasteiger partial charge is 0.273 e. The summed E-state index contributed by atoms with van der Waals surface area (Å²) in [7, 11) is -3.54. The summed E-state index contributed by atoms with van der Waals surface area (Å²) in [5.74, 6) is -1.30. The SMILES string of the molecule is O=C(CCS(=O)(=O)c1ccccc1)NNC(=O)C1CC(c2ccccc2)NN1. The normalized spacial score (nSPS) is 19.1. The van der Waals surface area contributed by atoms with Crippen molar-refractivity contribution >= 4 is 21.7 Å². The van der Waals surface area contributed by atoms with Gasteiger partial charge in [-0.05, 0) is 24.1 Å². The Kier molecular flexibility index (Phi) is 6.40. The van der Waals surface area contributed by atoms with Crippen molar-refractivity contribution in [3.63, 3.8) is 0 Å². The van der Waals surface area contributed by atoms with Crippen molar-refractivity contribution in [2.24, 2.45) is 0 Å². The number of sulfone groups is 1. The van der Waals surface area contributed by atoms with E-state index in [9.17, 15) is 18.0 Å². The summed E-state index contributed by atoms with van der Waals surface area (Å²) in [5.41, 5.74) is 11.6. The number of hydrazine groups is 2. The number of rotatable bonds is 6. The van der Waals surface area contributed by atoms with Crippen LogP contribution in [0.15, 0.2) is 65.6 Å². The predicted octanol–water partition coefficient (Wildman–Crippen LogP) is 0.606. The van der Waals surface area contributed by atoms with E-state index in [-0.39, 0.29) is 23.1 Å². The van der Waals surface area contributed by atoms with Crippen molar-refractivity contribution in [1.29, 1.82) is 0 Å². The van der Waals surface area contributed by atoms with Gasteiger partial charge in [0.1, 0.15) is 6.04 Å². The Hall–Kier alpha value is -2.75. The van der Waals surface area contributed by atoms with Gasteiger partial charge in [0.2, 0.25) is 5.91 Å². The number of carbonyl (C=O) groups is 2. The summed E-state index contributed by atoms with van der Waals surface area (Å²) in [6.45, 7) is 0. The molecule has 1 saturated heterocycles. The Bertz CT molecular complexity index is 919. The Morgan fingerprint density at radius 1 is 0.929 bits per heavy atom. The summed E-state index contributed by atoms with van der Waals surface area (Å²) in [6, 6.07) is 17.1. The number of nitrogens with one attached hydrogen (secondary N) is 4. The second kappa shape index (κ2) is 8.96. The highest BCUT2D eigenvalue weighted by Gasteiger charge is 2.30. The van der Waals surface area contributed by atoms with E-state index in [1.165, 1.54) is 12.1 Å². The molecule has 1 aliphatic rings. The summed E-state index contributed by atoms with van der Waals surface area (Å²) in [6.07, 6.45) is 0.272. The predicted molar refractivity (Wildman–Crippen MR) is 103 cm³/mol. The van der Waals surface area contributed by atoms with Gasteiger partial charge in [0.25, 0.3) is 5.91 Å². The van der Waals surface area contributed by atoms with Gasteiger partial charge in [-0.1, -0.05) is 48.5 Å². The molecule has 3 rings (SSSR count). The van der Waals surface area contributed by atoms with Gasteiger partial charge < -0.3 is 0 Å². The topological polar surface area (TPSA) is 116 Å². The van der Waals surface area contributed by atoms with E-state index in [0.29, 0.717) is 6.42 Å². The van der Waals surface area contributed by atoms with Gasteiger partial charge in [0.15, 0.2) is 9.84 Å². The molecule has 148 valence electrons. The lowest BCUT2D eigenvalue weighted by Crippen LogP contribution is -2.50. The molecule has 2 aromatic carbocycles. The van der Waals surface area contributed by atoms with Gasteiger partial charge in [0, 0.05) is 12.5 Å². The lowest BCUT2D eigenvalue weighted by molar-refractivity contribution is -0.129. The van der Waals surface area contributed by atoms with Gasteiger partial charge in [-0.15, -0.1) is 0 Å². The van der Waals surface area contributed by atoms with E-state index in [1.807, 2.05) is 30.3 Å². The molecule has 2 unspecified atom stereocenters. The van der Waals surface area contributed by atoms with E-state index < -0.39 is 27.7 Å². The smallest absolute Gasteiger partial charge is 0.256 e. The van der Waals surface area contributed by atoms with Crippen LogP contribution in [0, 0.1) is 0 Å². The molecule has 8 nitrogen and oxygen atoms in total. The fourth-order valence-electron chi connectivity index (χ4n) is 2.89. The number of amides is 2. The fourth-order valence-corrected chi connectivity index (χ4v) is 4.15. The van der Waals surface area contributed by atoms with Crippen LogP contribution in [0.4, 0.5) is 0 Å². The van der Waals surface area contributed by atoms with E-state index in [1.54, 1.807) is 18.2 Å². The van der Waals surface area contributed by atoms with Crippen LogP contribution in [-0.2, 0) is 19.4 Å². The van der Waals surface area contributed by atoms with Gasteiger partial charge in [-0.25, -0.2) is 19.3 Å². The number of hydrogen-bond donors (Lipinski definition) is 4. The molecule has 1 heterocycles. The lowest BCUT2D eigenvalue weighted by atomic mass is 10.0. The molecular weight excluding hydrogens is 380 g/mol. The number of benzene rings is 2. The maximum atomic E-state index is 12.2. The average Bonchev–Trinajstić information content (AvgIpc) is 3.22. The Labute approximate surface area is 163 Å². The molecule has 0 saturated carbocycles. The average molecular weight is 402 g/mol. The van der Waals surface area contributed by atoms with Crippen molar-refractivity contribution in [1.82, 2.24) is 21.7 Å². The van der Waals surface area contributed by atoms with Crippen LogP contribution in [0.2, 0.25) is 0 Å². The summed E-state index contributed by atoms with van der Waals surface area (Å²) in [4.78, 5) is 24.3. The summed E-state index contributed by atoms with van der Waals surface area (Å²) < 4.78 is 24.3. The minimum absolute atomic E-state index is 0.0105. The van der Waals surface area contributed by atoms with Gasteiger partial charge in [-0.2, -0.15) is 0 Å². The standard InChI is InChI=1S/C19H22N4O4S/c24-18(11-12-28(26,27)15-9-5-2-6-10-15)22-23-19(25)17-13-16(20-21-17)14-7-3-1-4-8-14/h1-10,16-17,20-21H,11-13H2,(H,22,24)(H,23,25). The third kappa shape index (κ3) is 5.16. The molecule has 0 aliphatic carbocycles. The molecule has 0 spiro atoms. The van der Waals surface area contributed by atoms with Gasteiger partial charge in [-0.3, -0.25) is 20.4 Å². The van der Waals surface area contributed by atoms with Gasteiger partial charge >= 0.3 is 0 Å². The molecule has 2 atom stereocenters. The second-order valence-electron chi connectivity index (χ2n) is 6.46. The van der Waals surface area contributed by atoms with E-state index in [4.69, 9.17) is 0 Å². The minimum atomic E-state index is -3.54. The van der Waals surface area contributed by atoms with Gasteiger partial charge in [0.05, 0.1) is 10.6 Å². The highest BCUT2D eigenvalue weighted by molar-refractivity contribution is 7.91. The first-order valence-electron chi connectivity index (χ1n) is 8.88. The molecule has 28 heavy (non-hydrogen) atoms. The zero-order valence-electron chi connectivity index (χ0n) is 15.1. The Morgan fingerprint density at radius 2 is 1.57 bits per heavy atom. The third-order valence-electron chi connectivity index (χ3n) is 4.45. The molecule has 1 fully saturated rings. The highest BCUT2D eigenvalue weighted by atomic mass is 32.2. The van der Waals surface area contributed by atoms with Crippen molar-refractivity contribution in [2.45, 2.75) is 29.8 Å². The number of hydrogen-bond acceptors (Lipinski definition) is 6.